The minimum absolute atomic E-state index is 0.167. The Bertz CT molecular complexity index is 840. The minimum atomic E-state index is -0.235. The van der Waals surface area contributed by atoms with Gasteiger partial charge in [-0.05, 0) is 27.8 Å². The molecule has 0 spiro atoms. The molecule has 0 aliphatic rings. The summed E-state index contributed by atoms with van der Waals surface area (Å²) in [5.74, 6) is 0. The lowest BCUT2D eigenvalue weighted by atomic mass is 9.67. The molecule has 0 heteroatoms. The molecule has 0 aromatic heterocycles. The summed E-state index contributed by atoms with van der Waals surface area (Å²) in [4.78, 5) is 0. The van der Waals surface area contributed by atoms with Crippen molar-refractivity contribution in [2.24, 2.45) is 0 Å². The van der Waals surface area contributed by atoms with Crippen LogP contribution in [0.1, 0.15) is 55.5 Å². The molecule has 0 aliphatic carbocycles. The van der Waals surface area contributed by atoms with Crippen LogP contribution in [0.25, 0.3) is 0 Å². The predicted octanol–water partition coefficient (Wildman–Crippen LogP) is 6.27. The SMILES string of the molecule is [C]c1cccc(C(C)(C)c2ccccc2)c1C(C)(C)c1ccccc1. The Labute approximate surface area is 152 Å². The molecule has 0 N–H and O–H groups in total. The van der Waals surface area contributed by atoms with Gasteiger partial charge in [-0.25, -0.2) is 0 Å². The van der Waals surface area contributed by atoms with Gasteiger partial charge < -0.3 is 0 Å². The zero-order chi connectivity index (χ0) is 18.1. The third kappa shape index (κ3) is 3.14. The highest BCUT2D eigenvalue weighted by molar-refractivity contribution is 5.53. The van der Waals surface area contributed by atoms with Gasteiger partial charge in [0.25, 0.3) is 0 Å². The first-order chi connectivity index (χ1) is 11.8. The van der Waals surface area contributed by atoms with Crippen molar-refractivity contribution in [3.63, 3.8) is 0 Å². The average Bonchev–Trinajstić information content (AvgIpc) is 2.63. The van der Waals surface area contributed by atoms with Crippen LogP contribution in [0.15, 0.2) is 78.9 Å². The number of hydrogen-bond acceptors (Lipinski definition) is 0. The van der Waals surface area contributed by atoms with E-state index in [2.05, 4.69) is 88.4 Å². The van der Waals surface area contributed by atoms with Crippen molar-refractivity contribution < 1.29 is 0 Å². The monoisotopic (exact) mass is 325 g/mol. The van der Waals surface area contributed by atoms with Crippen LogP contribution in [0.2, 0.25) is 0 Å². The van der Waals surface area contributed by atoms with Crippen LogP contribution in [0.5, 0.6) is 0 Å². The molecule has 3 rings (SSSR count). The van der Waals surface area contributed by atoms with Crippen molar-refractivity contribution >= 4 is 0 Å². The number of rotatable bonds is 4. The average molecular weight is 325 g/mol. The summed E-state index contributed by atoms with van der Waals surface area (Å²) in [7, 11) is 0. The van der Waals surface area contributed by atoms with Gasteiger partial charge in [0.2, 0.25) is 0 Å². The van der Waals surface area contributed by atoms with Gasteiger partial charge in [-0.2, -0.15) is 0 Å². The van der Waals surface area contributed by atoms with E-state index in [0.29, 0.717) is 5.56 Å². The summed E-state index contributed by atoms with van der Waals surface area (Å²) in [5, 5.41) is 0. The molecule has 0 fully saturated rings. The van der Waals surface area contributed by atoms with Crippen molar-refractivity contribution in [3.8, 4) is 0 Å². The van der Waals surface area contributed by atoms with E-state index in [1.165, 1.54) is 16.7 Å². The molecule has 25 heavy (non-hydrogen) atoms. The Hall–Kier alpha value is -2.34. The van der Waals surface area contributed by atoms with Crippen molar-refractivity contribution in [2.45, 2.75) is 38.5 Å². The molecule has 0 aliphatic heterocycles. The number of benzene rings is 3. The van der Waals surface area contributed by atoms with Crippen molar-refractivity contribution in [2.75, 3.05) is 0 Å². The molecule has 3 aromatic rings. The van der Waals surface area contributed by atoms with Gasteiger partial charge in [0, 0.05) is 17.8 Å². The minimum Gasteiger partial charge on any atom is -0.0622 e. The van der Waals surface area contributed by atoms with Gasteiger partial charge in [-0.3, -0.25) is 0 Å². The third-order valence-electron chi connectivity index (χ3n) is 5.35. The van der Waals surface area contributed by atoms with Crippen molar-refractivity contribution in [1.29, 1.82) is 0 Å². The van der Waals surface area contributed by atoms with Crippen molar-refractivity contribution in [3.05, 3.63) is 114 Å². The Morgan fingerprint density at radius 3 is 1.56 bits per heavy atom. The second-order valence-corrected chi connectivity index (χ2v) is 7.71. The van der Waals surface area contributed by atoms with Crippen LogP contribution in [0.3, 0.4) is 0 Å². The molecular formula is C25H25. The van der Waals surface area contributed by atoms with E-state index in [1.807, 2.05) is 18.2 Å². The Morgan fingerprint density at radius 1 is 0.560 bits per heavy atom. The van der Waals surface area contributed by atoms with Gasteiger partial charge in [0.15, 0.2) is 0 Å². The quantitative estimate of drug-likeness (QED) is 0.530. The Kier molecular flexibility index (Phi) is 4.56. The van der Waals surface area contributed by atoms with Crippen LogP contribution in [-0.4, -0.2) is 0 Å². The molecule has 3 aromatic carbocycles. The highest BCUT2D eigenvalue weighted by atomic mass is 14.4. The highest BCUT2D eigenvalue weighted by Crippen LogP contribution is 2.42. The second-order valence-electron chi connectivity index (χ2n) is 7.71. The fourth-order valence-corrected chi connectivity index (χ4v) is 3.76. The molecule has 0 nitrogen and oxygen atoms in total. The van der Waals surface area contributed by atoms with Gasteiger partial charge in [0.05, 0.1) is 0 Å². The zero-order valence-corrected chi connectivity index (χ0v) is 15.5. The van der Waals surface area contributed by atoms with E-state index >= 15 is 0 Å². The summed E-state index contributed by atoms with van der Waals surface area (Å²) in [6.45, 7) is 17.6. The second kappa shape index (κ2) is 6.52. The molecule has 125 valence electrons. The van der Waals surface area contributed by atoms with E-state index in [1.54, 1.807) is 0 Å². The van der Waals surface area contributed by atoms with Crippen LogP contribution in [-0.2, 0) is 10.8 Å². The summed E-state index contributed by atoms with van der Waals surface area (Å²) < 4.78 is 0. The number of hydrogen-bond donors (Lipinski definition) is 0. The van der Waals surface area contributed by atoms with E-state index < -0.39 is 0 Å². The first kappa shape index (κ1) is 17.5. The standard InChI is InChI=1S/C25H25/c1-19-13-12-18-22(24(2,3)20-14-8-6-9-15-20)23(19)25(4,5)21-16-10-7-11-17-21/h6-18H,2-5H3. The van der Waals surface area contributed by atoms with E-state index in [0.717, 1.165) is 5.56 Å². The van der Waals surface area contributed by atoms with E-state index in [-0.39, 0.29) is 10.8 Å². The summed E-state index contributed by atoms with van der Waals surface area (Å²) >= 11 is 0. The first-order valence-electron chi connectivity index (χ1n) is 8.82. The van der Waals surface area contributed by atoms with Gasteiger partial charge in [-0.15, -0.1) is 0 Å². The van der Waals surface area contributed by atoms with E-state index in [4.69, 9.17) is 6.92 Å². The molecule has 0 atom stereocenters. The molecule has 0 unspecified atom stereocenters. The molecule has 0 saturated heterocycles. The van der Waals surface area contributed by atoms with Gasteiger partial charge in [-0.1, -0.05) is 107 Å². The van der Waals surface area contributed by atoms with Gasteiger partial charge in [0.1, 0.15) is 0 Å². The first-order valence-corrected chi connectivity index (χ1v) is 8.82. The topological polar surface area (TPSA) is 0 Å². The Balaban J connectivity index is 2.23. The zero-order valence-electron chi connectivity index (χ0n) is 15.5. The van der Waals surface area contributed by atoms with Crippen molar-refractivity contribution in [1.82, 2.24) is 0 Å². The maximum absolute atomic E-state index is 8.66. The maximum atomic E-state index is 8.66. The largest absolute Gasteiger partial charge is 0.0622 e. The molecule has 3 radical (unpaired) electrons. The van der Waals surface area contributed by atoms with E-state index in [9.17, 15) is 0 Å². The smallest absolute Gasteiger partial charge is 0.0302 e. The molecule has 0 heterocycles. The summed E-state index contributed by atoms with van der Waals surface area (Å²) in [6, 6.07) is 27.2. The summed E-state index contributed by atoms with van der Waals surface area (Å²) in [5.41, 5.74) is 5.04. The van der Waals surface area contributed by atoms with Gasteiger partial charge >= 0.3 is 0 Å². The normalized spacial score (nSPS) is 12.2. The Morgan fingerprint density at radius 2 is 1.04 bits per heavy atom. The predicted molar refractivity (Wildman–Crippen MR) is 106 cm³/mol. The van der Waals surface area contributed by atoms with Crippen LogP contribution in [0.4, 0.5) is 0 Å². The summed E-state index contributed by atoms with van der Waals surface area (Å²) in [6.07, 6.45) is 0. The van der Waals surface area contributed by atoms with Crippen LogP contribution < -0.4 is 0 Å². The third-order valence-corrected chi connectivity index (χ3v) is 5.35. The van der Waals surface area contributed by atoms with Crippen LogP contribution in [0, 0.1) is 6.92 Å². The fraction of sp³-hybridized carbons (Fsp3) is 0.240. The molecule has 0 bridgehead atoms. The van der Waals surface area contributed by atoms with Crippen LogP contribution >= 0.6 is 0 Å². The lowest BCUT2D eigenvalue weighted by Crippen LogP contribution is -2.29. The maximum Gasteiger partial charge on any atom is 0.0302 e. The fourth-order valence-electron chi connectivity index (χ4n) is 3.76. The molecule has 0 saturated carbocycles. The highest BCUT2D eigenvalue weighted by Gasteiger charge is 2.33. The molecular weight excluding hydrogens is 300 g/mol. The lowest BCUT2D eigenvalue weighted by molar-refractivity contribution is 0.576. The lowest BCUT2D eigenvalue weighted by Gasteiger charge is -2.36. The molecule has 0 amide bonds.